The van der Waals surface area contributed by atoms with Gasteiger partial charge in [0.15, 0.2) is 0 Å². The van der Waals surface area contributed by atoms with Gasteiger partial charge >= 0.3 is 6.18 Å². The first-order valence-corrected chi connectivity index (χ1v) is 6.68. The third kappa shape index (κ3) is 3.09. The molecule has 1 heterocycles. The predicted molar refractivity (Wildman–Crippen MR) is 74.0 cm³/mol. The molecule has 0 saturated carbocycles. The minimum absolute atomic E-state index is 0.303. The van der Waals surface area contributed by atoms with Crippen molar-refractivity contribution in [2.75, 3.05) is 31.1 Å². The van der Waals surface area contributed by atoms with Crippen LogP contribution in [-0.2, 0) is 6.18 Å². The van der Waals surface area contributed by atoms with E-state index >= 15 is 0 Å². The molecule has 1 aromatic carbocycles. The van der Waals surface area contributed by atoms with E-state index < -0.39 is 11.7 Å². The minimum atomic E-state index is -4.29. The lowest BCUT2D eigenvalue weighted by molar-refractivity contribution is -0.137. The lowest BCUT2D eigenvalue weighted by Crippen LogP contribution is -2.42. The molecule has 0 radical (unpaired) electrons. The zero-order valence-electron chi connectivity index (χ0n) is 9.97. The van der Waals surface area contributed by atoms with Crippen molar-refractivity contribution in [2.45, 2.75) is 13.1 Å². The van der Waals surface area contributed by atoms with Crippen LogP contribution in [0.5, 0.6) is 0 Å². The Hall–Kier alpha value is -0.500. The number of aryl methyl sites for hydroxylation is 1. The Morgan fingerprint density at radius 1 is 1.11 bits per heavy atom. The van der Waals surface area contributed by atoms with Gasteiger partial charge in [0.1, 0.15) is 0 Å². The summed E-state index contributed by atoms with van der Waals surface area (Å²) in [6.45, 7) is 4.52. The summed E-state index contributed by atoms with van der Waals surface area (Å²) >= 11 is 2.20. The van der Waals surface area contributed by atoms with Crippen LogP contribution in [0.15, 0.2) is 18.2 Å². The average Bonchev–Trinajstić information content (AvgIpc) is 2.29. The van der Waals surface area contributed by atoms with Gasteiger partial charge in [0.05, 0.1) is 5.56 Å². The normalized spacial score (nSPS) is 18.2. The first kappa shape index (κ1) is 13.9. The molecule has 6 heteroatoms. The van der Waals surface area contributed by atoms with E-state index in [0.717, 1.165) is 13.1 Å². The van der Waals surface area contributed by atoms with E-state index in [9.17, 15) is 13.2 Å². The summed E-state index contributed by atoms with van der Waals surface area (Å²) in [5, 5.41) is 0. The van der Waals surface area contributed by atoms with Crippen molar-refractivity contribution in [3.63, 3.8) is 0 Å². The van der Waals surface area contributed by atoms with Gasteiger partial charge in [0, 0.05) is 54.7 Å². The summed E-state index contributed by atoms with van der Waals surface area (Å²) in [7, 11) is 0. The van der Waals surface area contributed by atoms with Gasteiger partial charge in [-0.25, -0.2) is 3.11 Å². The van der Waals surface area contributed by atoms with E-state index in [0.29, 0.717) is 24.3 Å². The summed E-state index contributed by atoms with van der Waals surface area (Å²) < 4.78 is 41.2. The molecule has 100 valence electrons. The number of alkyl halides is 3. The van der Waals surface area contributed by atoms with Gasteiger partial charge in [0.25, 0.3) is 0 Å². The van der Waals surface area contributed by atoms with Crippen molar-refractivity contribution >= 4 is 28.6 Å². The average molecular weight is 370 g/mol. The molecule has 0 bridgehead atoms. The van der Waals surface area contributed by atoms with Gasteiger partial charge in [-0.2, -0.15) is 13.2 Å². The van der Waals surface area contributed by atoms with Gasteiger partial charge in [-0.3, -0.25) is 0 Å². The number of halogens is 4. The smallest absolute Gasteiger partial charge is 0.368 e. The molecular weight excluding hydrogens is 356 g/mol. The van der Waals surface area contributed by atoms with Crippen LogP contribution in [0.4, 0.5) is 18.9 Å². The fourth-order valence-corrected chi connectivity index (χ4v) is 2.51. The molecule has 1 saturated heterocycles. The molecule has 0 aromatic heterocycles. The zero-order valence-corrected chi connectivity index (χ0v) is 12.1. The van der Waals surface area contributed by atoms with Gasteiger partial charge in [0.2, 0.25) is 0 Å². The Labute approximate surface area is 118 Å². The molecule has 2 nitrogen and oxygen atoms in total. The Morgan fingerprint density at radius 2 is 1.72 bits per heavy atom. The number of anilines is 1. The summed E-state index contributed by atoms with van der Waals surface area (Å²) in [4.78, 5) is 1.82. The monoisotopic (exact) mass is 370 g/mol. The first-order valence-electron chi connectivity index (χ1n) is 5.71. The highest BCUT2D eigenvalue weighted by molar-refractivity contribution is 14.1. The number of piperazine rings is 1. The van der Waals surface area contributed by atoms with Gasteiger partial charge < -0.3 is 4.90 Å². The lowest BCUT2D eigenvalue weighted by atomic mass is 10.1. The van der Waals surface area contributed by atoms with Crippen LogP contribution in [0.3, 0.4) is 0 Å². The summed E-state index contributed by atoms with van der Waals surface area (Å²) in [6, 6.07) is 4.55. The van der Waals surface area contributed by atoms with Crippen LogP contribution in [0.2, 0.25) is 0 Å². The van der Waals surface area contributed by atoms with E-state index in [2.05, 4.69) is 26.0 Å². The van der Waals surface area contributed by atoms with Crippen molar-refractivity contribution in [2.24, 2.45) is 0 Å². The molecule has 0 spiro atoms. The summed E-state index contributed by atoms with van der Waals surface area (Å²) in [5.74, 6) is 0. The quantitative estimate of drug-likeness (QED) is 0.552. The van der Waals surface area contributed by atoms with Crippen LogP contribution >= 0.6 is 22.9 Å². The van der Waals surface area contributed by atoms with Crippen molar-refractivity contribution in [1.29, 1.82) is 0 Å². The fraction of sp³-hybridized carbons (Fsp3) is 0.500. The van der Waals surface area contributed by atoms with Crippen molar-refractivity contribution in [3.05, 3.63) is 29.3 Å². The molecule has 0 unspecified atom stereocenters. The SMILES string of the molecule is Cc1ccc(N2CCN(I)CC2)c(C(F)(F)F)c1. The van der Waals surface area contributed by atoms with Crippen LogP contribution < -0.4 is 4.90 Å². The maximum absolute atomic E-state index is 13.0. The van der Waals surface area contributed by atoms with E-state index in [1.54, 1.807) is 19.1 Å². The molecule has 1 aliphatic rings. The molecule has 2 rings (SSSR count). The molecule has 0 amide bonds. The summed E-state index contributed by atoms with van der Waals surface area (Å²) in [5.41, 5.74) is 0.417. The third-order valence-corrected chi connectivity index (χ3v) is 3.99. The van der Waals surface area contributed by atoms with E-state index in [4.69, 9.17) is 0 Å². The molecule has 1 aliphatic heterocycles. The lowest BCUT2D eigenvalue weighted by Gasteiger charge is -2.34. The van der Waals surface area contributed by atoms with Crippen molar-refractivity contribution in [1.82, 2.24) is 3.11 Å². The van der Waals surface area contributed by atoms with E-state index in [-0.39, 0.29) is 0 Å². The first-order chi connectivity index (χ1) is 8.38. The largest absolute Gasteiger partial charge is 0.418 e. The highest BCUT2D eigenvalue weighted by Crippen LogP contribution is 2.37. The van der Waals surface area contributed by atoms with Crippen molar-refractivity contribution < 1.29 is 13.2 Å². The molecule has 0 N–H and O–H groups in total. The molecular formula is C12H14F3IN2. The Kier molecular flexibility index (Phi) is 4.05. The Bertz CT molecular complexity index is 426. The van der Waals surface area contributed by atoms with Gasteiger partial charge in [-0.05, 0) is 19.1 Å². The molecule has 0 aliphatic carbocycles. The number of hydrogen-bond donors (Lipinski definition) is 0. The predicted octanol–water partition coefficient (Wildman–Crippen LogP) is 3.49. The van der Waals surface area contributed by atoms with E-state index in [1.165, 1.54) is 6.07 Å². The number of benzene rings is 1. The Balaban J connectivity index is 2.32. The second-order valence-electron chi connectivity index (χ2n) is 4.42. The standard InChI is InChI=1S/C12H14F3IN2/c1-9-2-3-11(10(8-9)12(13,14)15)17-4-6-18(16)7-5-17/h2-3,8H,4-7H2,1H3. The second kappa shape index (κ2) is 5.24. The van der Waals surface area contributed by atoms with Gasteiger partial charge in [-0.15, -0.1) is 0 Å². The highest BCUT2D eigenvalue weighted by atomic mass is 127. The number of nitrogens with zero attached hydrogens (tertiary/aromatic N) is 2. The minimum Gasteiger partial charge on any atom is -0.368 e. The molecule has 1 aromatic rings. The van der Waals surface area contributed by atoms with Crippen LogP contribution in [0.25, 0.3) is 0 Å². The number of hydrogen-bond acceptors (Lipinski definition) is 2. The Morgan fingerprint density at radius 3 is 2.28 bits per heavy atom. The van der Waals surface area contributed by atoms with Crippen LogP contribution in [0.1, 0.15) is 11.1 Å². The zero-order chi connectivity index (χ0) is 13.3. The van der Waals surface area contributed by atoms with Crippen molar-refractivity contribution in [3.8, 4) is 0 Å². The molecule has 18 heavy (non-hydrogen) atoms. The second-order valence-corrected chi connectivity index (χ2v) is 5.78. The third-order valence-electron chi connectivity index (χ3n) is 3.02. The number of rotatable bonds is 1. The fourth-order valence-electron chi connectivity index (χ4n) is 2.08. The van der Waals surface area contributed by atoms with Crippen LogP contribution in [-0.4, -0.2) is 29.3 Å². The maximum atomic E-state index is 13.0. The van der Waals surface area contributed by atoms with E-state index in [1.807, 2.05) is 4.90 Å². The van der Waals surface area contributed by atoms with Crippen LogP contribution in [0, 0.1) is 6.92 Å². The highest BCUT2D eigenvalue weighted by Gasteiger charge is 2.35. The molecule has 0 atom stereocenters. The van der Waals surface area contributed by atoms with Gasteiger partial charge in [-0.1, -0.05) is 11.6 Å². The maximum Gasteiger partial charge on any atom is 0.418 e. The topological polar surface area (TPSA) is 6.48 Å². The molecule has 1 fully saturated rings. The summed E-state index contributed by atoms with van der Waals surface area (Å²) in [6.07, 6.45) is -4.29.